The van der Waals surface area contributed by atoms with Gasteiger partial charge in [0, 0.05) is 17.7 Å². The largest absolute Gasteiger partial charge is 0.452 e. The van der Waals surface area contributed by atoms with Gasteiger partial charge in [0.05, 0.1) is 10.5 Å². The number of hydrogen-bond donors (Lipinski definition) is 1. The molecule has 1 fully saturated rings. The summed E-state index contributed by atoms with van der Waals surface area (Å²) in [5.41, 5.74) is 0.169. The minimum atomic E-state index is -0.740. The SMILES string of the molecule is Cc1c(C(=O)OCC(=O)N[C@@H](C)C2CC2)cccc1[N+](=O)[O-]. The van der Waals surface area contributed by atoms with Crippen molar-refractivity contribution >= 4 is 17.6 Å². The lowest BCUT2D eigenvalue weighted by Gasteiger charge is -2.13. The number of carbonyl (C=O) groups excluding carboxylic acids is 2. The number of rotatable bonds is 6. The van der Waals surface area contributed by atoms with Gasteiger partial charge >= 0.3 is 5.97 Å². The van der Waals surface area contributed by atoms with Crippen LogP contribution in [0, 0.1) is 23.0 Å². The van der Waals surface area contributed by atoms with Crippen LogP contribution in [0.1, 0.15) is 35.7 Å². The zero-order chi connectivity index (χ0) is 16.3. The highest BCUT2D eigenvalue weighted by Crippen LogP contribution is 2.32. The van der Waals surface area contributed by atoms with Gasteiger partial charge in [-0.05, 0) is 38.7 Å². The molecule has 0 aliphatic heterocycles. The van der Waals surface area contributed by atoms with Gasteiger partial charge in [0.25, 0.3) is 11.6 Å². The van der Waals surface area contributed by atoms with Crippen molar-refractivity contribution in [3.8, 4) is 0 Å². The summed E-state index contributed by atoms with van der Waals surface area (Å²) in [7, 11) is 0. The maximum absolute atomic E-state index is 12.0. The fourth-order valence-corrected chi connectivity index (χ4v) is 2.26. The van der Waals surface area contributed by atoms with E-state index in [1.165, 1.54) is 25.1 Å². The fraction of sp³-hybridized carbons (Fsp3) is 0.467. The van der Waals surface area contributed by atoms with Gasteiger partial charge in [-0.15, -0.1) is 0 Å². The van der Waals surface area contributed by atoms with Crippen LogP contribution in [-0.4, -0.2) is 29.4 Å². The monoisotopic (exact) mass is 306 g/mol. The Bertz CT molecular complexity index is 610. The topological polar surface area (TPSA) is 98.5 Å². The van der Waals surface area contributed by atoms with E-state index in [-0.39, 0.29) is 28.8 Å². The van der Waals surface area contributed by atoms with E-state index in [2.05, 4.69) is 5.32 Å². The summed E-state index contributed by atoms with van der Waals surface area (Å²) in [5, 5.41) is 13.6. The first-order valence-electron chi connectivity index (χ1n) is 7.10. The van der Waals surface area contributed by atoms with Crippen LogP contribution in [0.5, 0.6) is 0 Å². The number of carbonyl (C=O) groups is 2. The second-order valence-corrected chi connectivity index (χ2v) is 5.48. The Hall–Kier alpha value is -2.44. The summed E-state index contributed by atoms with van der Waals surface area (Å²) in [4.78, 5) is 33.9. The molecule has 1 atom stereocenters. The molecule has 0 bridgehead atoms. The molecule has 118 valence electrons. The lowest BCUT2D eigenvalue weighted by molar-refractivity contribution is -0.385. The molecule has 22 heavy (non-hydrogen) atoms. The molecule has 1 aromatic carbocycles. The van der Waals surface area contributed by atoms with Gasteiger partial charge in [0.2, 0.25) is 0 Å². The number of benzene rings is 1. The zero-order valence-corrected chi connectivity index (χ0v) is 12.5. The van der Waals surface area contributed by atoms with Crippen LogP contribution in [0.15, 0.2) is 18.2 Å². The van der Waals surface area contributed by atoms with Crippen molar-refractivity contribution in [1.29, 1.82) is 0 Å². The highest BCUT2D eigenvalue weighted by Gasteiger charge is 2.29. The molecule has 0 spiro atoms. The predicted octanol–water partition coefficient (Wildman–Crippen LogP) is 1.97. The van der Waals surface area contributed by atoms with Crippen molar-refractivity contribution in [2.45, 2.75) is 32.7 Å². The minimum Gasteiger partial charge on any atom is -0.452 e. The molecule has 0 unspecified atom stereocenters. The van der Waals surface area contributed by atoms with Crippen LogP contribution in [0.3, 0.4) is 0 Å². The van der Waals surface area contributed by atoms with Gasteiger partial charge in [0.1, 0.15) is 0 Å². The number of amides is 1. The number of nitrogens with one attached hydrogen (secondary N) is 1. The van der Waals surface area contributed by atoms with Crippen LogP contribution in [-0.2, 0) is 9.53 Å². The van der Waals surface area contributed by atoms with E-state index in [0.29, 0.717) is 5.92 Å². The highest BCUT2D eigenvalue weighted by atomic mass is 16.6. The molecule has 7 heteroatoms. The summed E-state index contributed by atoms with van der Waals surface area (Å²) in [6.07, 6.45) is 2.21. The lowest BCUT2D eigenvalue weighted by atomic mass is 10.1. The van der Waals surface area contributed by atoms with E-state index >= 15 is 0 Å². The third-order valence-corrected chi connectivity index (χ3v) is 3.77. The predicted molar refractivity (Wildman–Crippen MR) is 78.4 cm³/mol. The Kier molecular flexibility index (Phi) is 4.75. The summed E-state index contributed by atoms with van der Waals surface area (Å²) in [5.74, 6) is -0.593. The number of ether oxygens (including phenoxy) is 1. The van der Waals surface area contributed by atoms with Gasteiger partial charge in [0.15, 0.2) is 6.61 Å². The maximum atomic E-state index is 12.0. The average molecular weight is 306 g/mol. The summed E-state index contributed by atoms with van der Waals surface area (Å²) < 4.78 is 4.93. The molecular formula is C15H18N2O5. The molecule has 0 aromatic heterocycles. The smallest absolute Gasteiger partial charge is 0.339 e. The van der Waals surface area contributed by atoms with Crippen molar-refractivity contribution in [3.63, 3.8) is 0 Å². The molecular weight excluding hydrogens is 288 g/mol. The first-order valence-corrected chi connectivity index (χ1v) is 7.10. The summed E-state index contributed by atoms with van der Waals surface area (Å²) >= 11 is 0. The minimum absolute atomic E-state index is 0.0748. The Morgan fingerprint density at radius 3 is 2.73 bits per heavy atom. The first kappa shape index (κ1) is 15.9. The molecule has 1 aliphatic rings. The number of nitro groups is 1. The zero-order valence-electron chi connectivity index (χ0n) is 12.5. The number of nitrogens with zero attached hydrogens (tertiary/aromatic N) is 1. The normalized spacial score (nSPS) is 15.0. The van der Waals surface area contributed by atoms with Gasteiger partial charge < -0.3 is 10.1 Å². The van der Waals surface area contributed by atoms with E-state index in [1.807, 2.05) is 6.92 Å². The van der Waals surface area contributed by atoms with Crippen molar-refractivity contribution < 1.29 is 19.2 Å². The van der Waals surface area contributed by atoms with E-state index in [4.69, 9.17) is 4.74 Å². The maximum Gasteiger partial charge on any atom is 0.339 e. The number of nitro benzene ring substituents is 1. The highest BCUT2D eigenvalue weighted by molar-refractivity contribution is 5.93. The third-order valence-electron chi connectivity index (χ3n) is 3.77. The fourth-order valence-electron chi connectivity index (χ4n) is 2.26. The molecule has 1 amide bonds. The van der Waals surface area contributed by atoms with Crippen LogP contribution >= 0.6 is 0 Å². The van der Waals surface area contributed by atoms with Gasteiger partial charge in [-0.2, -0.15) is 0 Å². The number of esters is 1. The third kappa shape index (κ3) is 3.81. The van der Waals surface area contributed by atoms with Gasteiger partial charge in [-0.1, -0.05) is 6.07 Å². The molecule has 1 aromatic rings. The second-order valence-electron chi connectivity index (χ2n) is 5.48. The van der Waals surface area contributed by atoms with Crippen LogP contribution in [0.4, 0.5) is 5.69 Å². The first-order chi connectivity index (χ1) is 10.4. The molecule has 2 rings (SSSR count). The quantitative estimate of drug-likeness (QED) is 0.492. The van der Waals surface area contributed by atoms with Crippen molar-refractivity contribution in [2.24, 2.45) is 5.92 Å². The Morgan fingerprint density at radius 1 is 1.45 bits per heavy atom. The van der Waals surface area contributed by atoms with Gasteiger partial charge in [-0.3, -0.25) is 14.9 Å². The Balaban J connectivity index is 1.93. The van der Waals surface area contributed by atoms with E-state index in [9.17, 15) is 19.7 Å². The standard InChI is InChI=1S/C15H18N2O5/c1-9-12(4-3-5-13(9)17(20)21)15(19)22-8-14(18)16-10(2)11-6-7-11/h3-5,10-11H,6-8H2,1-2H3,(H,16,18)/t10-/m0/s1. The average Bonchev–Trinajstić information content (AvgIpc) is 3.29. The van der Waals surface area contributed by atoms with Crippen molar-refractivity contribution in [3.05, 3.63) is 39.4 Å². The summed E-state index contributed by atoms with van der Waals surface area (Å²) in [6, 6.07) is 4.24. The summed E-state index contributed by atoms with van der Waals surface area (Å²) in [6.45, 7) is 3.00. The van der Waals surface area contributed by atoms with Crippen LogP contribution in [0.2, 0.25) is 0 Å². The Morgan fingerprint density at radius 2 is 2.14 bits per heavy atom. The van der Waals surface area contributed by atoms with Gasteiger partial charge in [-0.25, -0.2) is 4.79 Å². The molecule has 0 heterocycles. The van der Waals surface area contributed by atoms with E-state index < -0.39 is 17.5 Å². The number of hydrogen-bond acceptors (Lipinski definition) is 5. The molecule has 1 N–H and O–H groups in total. The molecule has 0 radical (unpaired) electrons. The van der Waals surface area contributed by atoms with Crippen LogP contribution in [0.25, 0.3) is 0 Å². The Labute approximate surface area is 127 Å². The molecule has 1 aliphatic carbocycles. The lowest BCUT2D eigenvalue weighted by Crippen LogP contribution is -2.37. The molecule has 0 saturated heterocycles. The van der Waals surface area contributed by atoms with Crippen molar-refractivity contribution in [1.82, 2.24) is 5.32 Å². The van der Waals surface area contributed by atoms with E-state index in [1.54, 1.807) is 0 Å². The van der Waals surface area contributed by atoms with Crippen molar-refractivity contribution in [2.75, 3.05) is 6.61 Å². The second kappa shape index (κ2) is 6.55. The van der Waals surface area contributed by atoms with E-state index in [0.717, 1.165) is 12.8 Å². The van der Waals surface area contributed by atoms with Crippen LogP contribution < -0.4 is 5.32 Å². The molecule has 7 nitrogen and oxygen atoms in total. The molecule has 1 saturated carbocycles.